The number of pyridine rings is 1. The maximum absolute atomic E-state index is 12.6. The zero-order chi connectivity index (χ0) is 22.2. The van der Waals surface area contributed by atoms with Crippen molar-refractivity contribution in [3.63, 3.8) is 0 Å². The summed E-state index contributed by atoms with van der Waals surface area (Å²) in [6, 6.07) is 13.1. The molecule has 0 amide bonds. The molecule has 0 radical (unpaired) electrons. The van der Waals surface area contributed by atoms with Gasteiger partial charge in [-0.1, -0.05) is 23.4 Å². The Labute approximate surface area is 181 Å². The molecular formula is C24H26N2O5. The van der Waals surface area contributed by atoms with E-state index >= 15 is 0 Å². The minimum Gasteiger partial charge on any atom is -0.493 e. The van der Waals surface area contributed by atoms with Gasteiger partial charge in [-0.05, 0) is 50.6 Å². The molecule has 2 aromatic carbocycles. The Hall–Kier alpha value is -3.61. The maximum Gasteiger partial charge on any atom is 0.340 e. The summed E-state index contributed by atoms with van der Waals surface area (Å²) < 4.78 is 16.1. The molecule has 162 valence electrons. The van der Waals surface area contributed by atoms with Gasteiger partial charge in [-0.25, -0.2) is 9.78 Å². The molecule has 0 spiro atoms. The molecule has 0 aliphatic heterocycles. The third-order valence-electron chi connectivity index (χ3n) is 4.67. The number of fused-ring (bicyclic) bond motifs is 1. The number of benzene rings is 2. The van der Waals surface area contributed by atoms with E-state index in [0.717, 1.165) is 22.0 Å². The molecule has 7 nitrogen and oxygen atoms in total. The number of ether oxygens (including phenoxy) is 3. The number of oxime groups is 1. The van der Waals surface area contributed by atoms with Gasteiger partial charge in [0.05, 0.1) is 43.3 Å². The maximum atomic E-state index is 12.6. The molecule has 0 atom stereocenters. The van der Waals surface area contributed by atoms with Crippen molar-refractivity contribution in [2.24, 2.45) is 5.16 Å². The van der Waals surface area contributed by atoms with E-state index in [1.54, 1.807) is 26.3 Å². The summed E-state index contributed by atoms with van der Waals surface area (Å²) in [6.07, 6.45) is 1.57. The van der Waals surface area contributed by atoms with Crippen LogP contribution in [0.3, 0.4) is 0 Å². The van der Waals surface area contributed by atoms with Crippen LogP contribution >= 0.6 is 0 Å². The van der Waals surface area contributed by atoms with Crippen molar-refractivity contribution in [3.8, 4) is 11.5 Å². The summed E-state index contributed by atoms with van der Waals surface area (Å²) in [5.74, 6) is 0.859. The predicted molar refractivity (Wildman–Crippen MR) is 119 cm³/mol. The fourth-order valence-electron chi connectivity index (χ4n) is 3.26. The Bertz CT molecular complexity index is 1090. The molecule has 3 rings (SSSR count). The smallest absolute Gasteiger partial charge is 0.340 e. The Balaban J connectivity index is 1.82. The highest BCUT2D eigenvalue weighted by Gasteiger charge is 2.20. The van der Waals surface area contributed by atoms with Gasteiger partial charge in [-0.3, -0.25) is 0 Å². The summed E-state index contributed by atoms with van der Waals surface area (Å²) in [4.78, 5) is 22.6. The quantitative estimate of drug-likeness (QED) is 0.283. The second-order valence-corrected chi connectivity index (χ2v) is 6.65. The summed E-state index contributed by atoms with van der Waals surface area (Å²) in [6.45, 7) is 6.43. The van der Waals surface area contributed by atoms with Gasteiger partial charge in [0.25, 0.3) is 0 Å². The van der Waals surface area contributed by atoms with Gasteiger partial charge in [0.2, 0.25) is 0 Å². The minimum atomic E-state index is -0.419. The predicted octanol–water partition coefficient (Wildman–Crippen LogP) is 4.68. The van der Waals surface area contributed by atoms with Crippen LogP contribution in [0, 0.1) is 6.92 Å². The summed E-state index contributed by atoms with van der Waals surface area (Å²) >= 11 is 0. The third-order valence-corrected chi connectivity index (χ3v) is 4.67. The van der Waals surface area contributed by atoms with Crippen molar-refractivity contribution in [1.82, 2.24) is 4.98 Å². The fraction of sp³-hybridized carbons (Fsp3) is 0.292. The molecule has 3 aromatic rings. The van der Waals surface area contributed by atoms with E-state index in [1.165, 1.54) is 0 Å². The molecule has 7 heteroatoms. The SMILES string of the molecule is CCOC(=O)c1c(CO/N=C\c2ccc(OCC)c(OC)c2)nc2ccccc2c1C. The van der Waals surface area contributed by atoms with Crippen molar-refractivity contribution >= 4 is 23.1 Å². The Morgan fingerprint density at radius 3 is 2.65 bits per heavy atom. The van der Waals surface area contributed by atoms with Gasteiger partial charge in [-0.2, -0.15) is 0 Å². The van der Waals surface area contributed by atoms with Crippen LogP contribution in [0.1, 0.15) is 41.0 Å². The minimum absolute atomic E-state index is 0.0322. The molecule has 0 aliphatic rings. The Kier molecular flexibility index (Phi) is 7.43. The monoisotopic (exact) mass is 422 g/mol. The van der Waals surface area contributed by atoms with Crippen molar-refractivity contribution in [2.75, 3.05) is 20.3 Å². The number of esters is 1. The number of carbonyl (C=O) groups excluding carboxylic acids is 1. The lowest BCUT2D eigenvalue weighted by Crippen LogP contribution is -2.13. The zero-order valence-electron chi connectivity index (χ0n) is 18.2. The number of methoxy groups -OCH3 is 1. The first-order chi connectivity index (χ1) is 15.1. The van der Waals surface area contributed by atoms with Gasteiger partial charge in [0.15, 0.2) is 18.1 Å². The van der Waals surface area contributed by atoms with E-state index in [0.29, 0.717) is 29.4 Å². The molecule has 0 saturated carbocycles. The van der Waals surface area contributed by atoms with Gasteiger partial charge < -0.3 is 19.0 Å². The van der Waals surface area contributed by atoms with Crippen LogP contribution in [0.25, 0.3) is 10.9 Å². The number of aromatic nitrogens is 1. The molecule has 0 fully saturated rings. The normalized spacial score (nSPS) is 11.0. The highest BCUT2D eigenvalue weighted by atomic mass is 16.6. The summed E-state index contributed by atoms with van der Waals surface area (Å²) in [5.41, 5.74) is 3.28. The molecular weight excluding hydrogens is 396 g/mol. The summed E-state index contributed by atoms with van der Waals surface area (Å²) in [5, 5.41) is 4.93. The molecule has 31 heavy (non-hydrogen) atoms. The Morgan fingerprint density at radius 2 is 1.90 bits per heavy atom. The van der Waals surface area contributed by atoms with Gasteiger partial charge in [0, 0.05) is 10.9 Å². The topological polar surface area (TPSA) is 79.2 Å². The zero-order valence-corrected chi connectivity index (χ0v) is 18.2. The second kappa shape index (κ2) is 10.4. The molecule has 1 heterocycles. The molecule has 0 saturated heterocycles. The van der Waals surface area contributed by atoms with E-state index < -0.39 is 5.97 Å². The van der Waals surface area contributed by atoms with E-state index in [1.807, 2.05) is 50.2 Å². The van der Waals surface area contributed by atoms with E-state index in [2.05, 4.69) is 10.1 Å². The molecule has 0 N–H and O–H groups in total. The van der Waals surface area contributed by atoms with Crippen LogP contribution in [0.5, 0.6) is 11.5 Å². The van der Waals surface area contributed by atoms with Crippen LogP contribution in [-0.2, 0) is 16.2 Å². The van der Waals surface area contributed by atoms with Crippen LogP contribution in [0.15, 0.2) is 47.6 Å². The van der Waals surface area contributed by atoms with Gasteiger partial charge >= 0.3 is 5.97 Å². The summed E-state index contributed by atoms with van der Waals surface area (Å²) in [7, 11) is 1.58. The molecule has 0 bridgehead atoms. The number of aryl methyl sites for hydroxylation is 1. The Morgan fingerprint density at radius 1 is 1.10 bits per heavy atom. The van der Waals surface area contributed by atoms with Crippen LogP contribution in [0.4, 0.5) is 0 Å². The molecule has 0 aliphatic carbocycles. The lowest BCUT2D eigenvalue weighted by atomic mass is 10.0. The fourth-order valence-corrected chi connectivity index (χ4v) is 3.26. The average Bonchev–Trinajstić information content (AvgIpc) is 2.78. The van der Waals surface area contributed by atoms with Gasteiger partial charge in [-0.15, -0.1) is 0 Å². The standard InChI is InChI=1S/C24H26N2O5/c1-5-29-21-12-11-17(13-22(21)28-4)14-25-31-15-20-23(24(27)30-6-2)16(3)18-9-7-8-10-19(18)26-20/h7-14H,5-6,15H2,1-4H3/b25-14-. The van der Waals surface area contributed by atoms with Crippen molar-refractivity contribution in [2.45, 2.75) is 27.4 Å². The molecule has 1 aromatic heterocycles. The number of rotatable bonds is 9. The number of para-hydroxylation sites is 1. The highest BCUT2D eigenvalue weighted by Crippen LogP contribution is 2.27. The largest absolute Gasteiger partial charge is 0.493 e. The third kappa shape index (κ3) is 5.12. The first kappa shape index (κ1) is 22.1. The van der Waals surface area contributed by atoms with Crippen LogP contribution in [0.2, 0.25) is 0 Å². The lowest BCUT2D eigenvalue weighted by Gasteiger charge is -2.13. The first-order valence-corrected chi connectivity index (χ1v) is 10.1. The van der Waals surface area contributed by atoms with E-state index in [9.17, 15) is 4.79 Å². The number of nitrogens with zero attached hydrogens (tertiary/aromatic N) is 2. The second-order valence-electron chi connectivity index (χ2n) is 6.65. The van der Waals surface area contributed by atoms with Crippen molar-refractivity contribution < 1.29 is 23.8 Å². The number of hydrogen-bond acceptors (Lipinski definition) is 7. The number of hydrogen-bond donors (Lipinski definition) is 0. The molecule has 0 unspecified atom stereocenters. The van der Waals surface area contributed by atoms with Crippen molar-refractivity contribution in [1.29, 1.82) is 0 Å². The van der Waals surface area contributed by atoms with E-state index in [4.69, 9.17) is 19.0 Å². The number of carbonyl (C=O) groups is 1. The average molecular weight is 422 g/mol. The van der Waals surface area contributed by atoms with Crippen molar-refractivity contribution in [3.05, 3.63) is 64.8 Å². The van der Waals surface area contributed by atoms with E-state index in [-0.39, 0.29) is 13.2 Å². The van der Waals surface area contributed by atoms with Crippen LogP contribution < -0.4 is 9.47 Å². The highest BCUT2D eigenvalue weighted by molar-refractivity contribution is 5.98. The van der Waals surface area contributed by atoms with Gasteiger partial charge in [0.1, 0.15) is 0 Å². The first-order valence-electron chi connectivity index (χ1n) is 10.1. The lowest BCUT2D eigenvalue weighted by molar-refractivity contribution is 0.0517. The van der Waals surface area contributed by atoms with Crippen LogP contribution in [-0.4, -0.2) is 37.5 Å².